The molecule has 0 spiro atoms. The molecule has 88 valence electrons. The van der Waals surface area contributed by atoms with Crippen LogP contribution in [0.4, 0.5) is 0 Å². The highest BCUT2D eigenvalue weighted by Gasteiger charge is 2.13. The first-order valence-electron chi connectivity index (χ1n) is 5.54. The lowest BCUT2D eigenvalue weighted by Gasteiger charge is -2.22. The molecule has 0 atom stereocenters. The van der Waals surface area contributed by atoms with E-state index in [2.05, 4.69) is 5.32 Å². The normalized spacial score (nSPS) is 17.6. The molecular weight excluding hydrogens is 261 g/mol. The standard InChI is InChI=1S/C12H15Cl2NS/c13-10-1-2-11(14)12(7-10)16-8-9-3-5-15-6-4-9/h1-2,7,9,15H,3-6,8H2. The number of thioether (sulfide) groups is 1. The van der Waals surface area contributed by atoms with Crippen molar-refractivity contribution < 1.29 is 0 Å². The van der Waals surface area contributed by atoms with Crippen LogP contribution in [0, 0.1) is 5.92 Å². The van der Waals surface area contributed by atoms with Crippen molar-refractivity contribution in [2.24, 2.45) is 5.92 Å². The summed E-state index contributed by atoms with van der Waals surface area (Å²) in [5.41, 5.74) is 0. The highest BCUT2D eigenvalue weighted by Crippen LogP contribution is 2.32. The van der Waals surface area contributed by atoms with Crippen molar-refractivity contribution in [2.45, 2.75) is 17.7 Å². The molecule has 2 rings (SSSR count). The summed E-state index contributed by atoms with van der Waals surface area (Å²) in [5.74, 6) is 1.95. The monoisotopic (exact) mass is 275 g/mol. The third-order valence-electron chi connectivity index (χ3n) is 2.83. The Balaban J connectivity index is 1.90. The van der Waals surface area contributed by atoms with Crippen molar-refractivity contribution >= 4 is 35.0 Å². The van der Waals surface area contributed by atoms with Crippen LogP contribution in [0.1, 0.15) is 12.8 Å². The van der Waals surface area contributed by atoms with E-state index in [9.17, 15) is 0 Å². The van der Waals surface area contributed by atoms with Gasteiger partial charge in [0.2, 0.25) is 0 Å². The van der Waals surface area contributed by atoms with Crippen molar-refractivity contribution in [2.75, 3.05) is 18.8 Å². The third kappa shape index (κ3) is 3.56. The summed E-state index contributed by atoms with van der Waals surface area (Å²) in [4.78, 5) is 1.10. The second-order valence-corrected chi connectivity index (χ2v) is 5.98. The van der Waals surface area contributed by atoms with Crippen LogP contribution in [-0.4, -0.2) is 18.8 Å². The van der Waals surface area contributed by atoms with Gasteiger partial charge in [0.05, 0.1) is 5.02 Å². The first-order chi connectivity index (χ1) is 7.75. The van der Waals surface area contributed by atoms with Crippen LogP contribution in [0.5, 0.6) is 0 Å². The molecule has 4 heteroatoms. The van der Waals surface area contributed by atoms with Crippen LogP contribution in [0.2, 0.25) is 10.0 Å². The molecule has 0 amide bonds. The molecule has 1 aliphatic heterocycles. The Labute approximate surface area is 111 Å². The average molecular weight is 276 g/mol. The molecule has 1 N–H and O–H groups in total. The summed E-state index contributed by atoms with van der Waals surface area (Å²) < 4.78 is 0. The van der Waals surface area contributed by atoms with Crippen LogP contribution in [0.25, 0.3) is 0 Å². The number of hydrogen-bond acceptors (Lipinski definition) is 2. The summed E-state index contributed by atoms with van der Waals surface area (Å²) in [5, 5.41) is 4.95. The smallest absolute Gasteiger partial charge is 0.0542 e. The zero-order valence-corrected chi connectivity index (χ0v) is 11.3. The van der Waals surface area contributed by atoms with E-state index < -0.39 is 0 Å². The molecule has 0 radical (unpaired) electrons. The average Bonchev–Trinajstić information content (AvgIpc) is 2.32. The molecule has 1 aliphatic rings. The van der Waals surface area contributed by atoms with E-state index in [0.29, 0.717) is 0 Å². The fourth-order valence-electron chi connectivity index (χ4n) is 1.84. The topological polar surface area (TPSA) is 12.0 Å². The zero-order chi connectivity index (χ0) is 11.4. The third-order valence-corrected chi connectivity index (χ3v) is 4.79. The molecule has 1 aromatic carbocycles. The molecule has 1 fully saturated rings. The second kappa shape index (κ2) is 6.15. The largest absolute Gasteiger partial charge is 0.317 e. The highest BCUT2D eigenvalue weighted by molar-refractivity contribution is 7.99. The predicted octanol–water partition coefficient (Wildman–Crippen LogP) is 4.09. The maximum atomic E-state index is 6.12. The van der Waals surface area contributed by atoms with Gasteiger partial charge in [0.25, 0.3) is 0 Å². The minimum Gasteiger partial charge on any atom is -0.317 e. The molecule has 1 saturated heterocycles. The van der Waals surface area contributed by atoms with Crippen molar-refractivity contribution in [3.63, 3.8) is 0 Å². The number of halogens is 2. The van der Waals surface area contributed by atoms with Gasteiger partial charge < -0.3 is 5.32 Å². The Morgan fingerprint density at radius 2 is 2.00 bits per heavy atom. The van der Waals surface area contributed by atoms with Gasteiger partial charge in [0.15, 0.2) is 0 Å². The van der Waals surface area contributed by atoms with Crippen LogP contribution < -0.4 is 5.32 Å². The van der Waals surface area contributed by atoms with Crippen LogP contribution in [0.3, 0.4) is 0 Å². The van der Waals surface area contributed by atoms with E-state index in [1.165, 1.54) is 12.8 Å². The fraction of sp³-hybridized carbons (Fsp3) is 0.500. The lowest BCUT2D eigenvalue weighted by molar-refractivity contribution is 0.408. The minimum atomic E-state index is 0.761. The minimum absolute atomic E-state index is 0.761. The van der Waals surface area contributed by atoms with Crippen LogP contribution in [0.15, 0.2) is 23.1 Å². The molecule has 0 aliphatic carbocycles. The van der Waals surface area contributed by atoms with E-state index in [4.69, 9.17) is 23.2 Å². The van der Waals surface area contributed by atoms with Gasteiger partial charge in [0.1, 0.15) is 0 Å². The zero-order valence-electron chi connectivity index (χ0n) is 9.01. The number of benzene rings is 1. The van der Waals surface area contributed by atoms with Crippen molar-refractivity contribution in [1.29, 1.82) is 0 Å². The molecule has 1 heterocycles. The lowest BCUT2D eigenvalue weighted by Crippen LogP contribution is -2.28. The van der Waals surface area contributed by atoms with Crippen LogP contribution >= 0.6 is 35.0 Å². The van der Waals surface area contributed by atoms with Crippen molar-refractivity contribution in [3.8, 4) is 0 Å². The summed E-state index contributed by atoms with van der Waals surface area (Å²) in [6, 6.07) is 5.66. The first kappa shape index (κ1) is 12.6. The number of piperidine rings is 1. The molecule has 1 aromatic rings. The Bertz CT molecular complexity index is 351. The molecule has 1 nitrogen and oxygen atoms in total. The van der Waals surface area contributed by atoms with E-state index in [-0.39, 0.29) is 0 Å². The maximum Gasteiger partial charge on any atom is 0.0542 e. The van der Waals surface area contributed by atoms with Gasteiger partial charge in [-0.3, -0.25) is 0 Å². The van der Waals surface area contributed by atoms with Crippen molar-refractivity contribution in [3.05, 3.63) is 28.2 Å². The Kier molecular flexibility index (Phi) is 4.83. The highest BCUT2D eigenvalue weighted by atomic mass is 35.5. The first-order valence-corrected chi connectivity index (χ1v) is 7.28. The molecule has 16 heavy (non-hydrogen) atoms. The van der Waals surface area contributed by atoms with E-state index in [1.807, 2.05) is 30.0 Å². The summed E-state index contributed by atoms with van der Waals surface area (Å²) in [6.45, 7) is 2.29. The maximum absolute atomic E-state index is 6.12. The number of hydrogen-bond donors (Lipinski definition) is 1. The van der Waals surface area contributed by atoms with E-state index >= 15 is 0 Å². The fourth-order valence-corrected chi connectivity index (χ4v) is 3.53. The Morgan fingerprint density at radius 1 is 1.25 bits per heavy atom. The molecule has 0 bridgehead atoms. The summed E-state index contributed by atoms with van der Waals surface area (Å²) >= 11 is 13.9. The number of rotatable bonds is 3. The SMILES string of the molecule is Clc1ccc(Cl)c(SCC2CCNCC2)c1. The van der Waals surface area contributed by atoms with E-state index in [0.717, 1.165) is 39.7 Å². The summed E-state index contributed by atoms with van der Waals surface area (Å²) in [7, 11) is 0. The van der Waals surface area contributed by atoms with Gasteiger partial charge in [-0.2, -0.15) is 0 Å². The summed E-state index contributed by atoms with van der Waals surface area (Å²) in [6.07, 6.45) is 2.54. The van der Waals surface area contributed by atoms with Crippen molar-refractivity contribution in [1.82, 2.24) is 5.32 Å². The van der Waals surface area contributed by atoms with Gasteiger partial charge in [0, 0.05) is 15.7 Å². The Morgan fingerprint density at radius 3 is 2.75 bits per heavy atom. The Hall–Kier alpha value is 0.110. The van der Waals surface area contributed by atoms with Gasteiger partial charge in [-0.05, 0) is 50.0 Å². The molecule has 0 unspecified atom stereocenters. The molecular formula is C12H15Cl2NS. The quantitative estimate of drug-likeness (QED) is 0.835. The van der Waals surface area contributed by atoms with Gasteiger partial charge in [-0.1, -0.05) is 23.2 Å². The van der Waals surface area contributed by atoms with Gasteiger partial charge in [-0.15, -0.1) is 11.8 Å². The lowest BCUT2D eigenvalue weighted by atomic mass is 10.0. The molecule has 0 saturated carbocycles. The molecule has 0 aromatic heterocycles. The van der Waals surface area contributed by atoms with Gasteiger partial charge >= 0.3 is 0 Å². The number of nitrogens with one attached hydrogen (secondary N) is 1. The van der Waals surface area contributed by atoms with E-state index in [1.54, 1.807) is 0 Å². The second-order valence-electron chi connectivity index (χ2n) is 4.08. The van der Waals surface area contributed by atoms with Gasteiger partial charge in [-0.25, -0.2) is 0 Å². The van der Waals surface area contributed by atoms with Crippen LogP contribution in [-0.2, 0) is 0 Å². The predicted molar refractivity (Wildman–Crippen MR) is 72.8 cm³/mol.